The maximum absolute atomic E-state index is 13.4. The van der Waals surface area contributed by atoms with Gasteiger partial charge in [0.25, 0.3) is 10.0 Å². The van der Waals surface area contributed by atoms with Gasteiger partial charge in [0.1, 0.15) is 24.0 Å². The zero-order valence-electron chi connectivity index (χ0n) is 16.9. The molecule has 3 heterocycles. The van der Waals surface area contributed by atoms with E-state index in [1.165, 1.54) is 12.1 Å². The van der Waals surface area contributed by atoms with Crippen molar-refractivity contribution in [1.82, 2.24) is 4.90 Å². The minimum absolute atomic E-state index is 0.0828. The first-order valence-corrected chi connectivity index (χ1v) is 12.0. The van der Waals surface area contributed by atoms with Crippen molar-refractivity contribution < 1.29 is 17.5 Å². The highest BCUT2D eigenvalue weighted by molar-refractivity contribution is 7.90. The SMILES string of the molecule is N#Cc1cc(F)ccc1-c1ccc(OCC23CCC(CC2)N2CCS(=O)(=O)N=C23)cc1. The quantitative estimate of drug-likeness (QED) is 0.725. The average molecular weight is 440 g/mol. The molecule has 1 aliphatic carbocycles. The van der Waals surface area contributed by atoms with E-state index in [0.717, 1.165) is 31.2 Å². The van der Waals surface area contributed by atoms with Crippen LogP contribution in [0.2, 0.25) is 0 Å². The van der Waals surface area contributed by atoms with Crippen LogP contribution in [0.25, 0.3) is 11.1 Å². The molecule has 0 aromatic heterocycles. The smallest absolute Gasteiger partial charge is 0.256 e. The predicted molar refractivity (Wildman–Crippen MR) is 115 cm³/mol. The van der Waals surface area contributed by atoms with Gasteiger partial charge in [-0.15, -0.1) is 4.40 Å². The summed E-state index contributed by atoms with van der Waals surface area (Å²) in [6, 6.07) is 13.9. The van der Waals surface area contributed by atoms with Crippen LogP contribution in [0.4, 0.5) is 4.39 Å². The van der Waals surface area contributed by atoms with Crippen LogP contribution in [0, 0.1) is 22.6 Å². The van der Waals surface area contributed by atoms with Gasteiger partial charge in [-0.3, -0.25) is 0 Å². The van der Waals surface area contributed by atoms with Gasteiger partial charge in [0.05, 0.1) is 22.8 Å². The topological polar surface area (TPSA) is 82.8 Å². The van der Waals surface area contributed by atoms with E-state index < -0.39 is 15.8 Å². The molecule has 3 aliphatic heterocycles. The molecule has 2 bridgehead atoms. The van der Waals surface area contributed by atoms with Crippen LogP contribution in [-0.4, -0.2) is 44.1 Å². The Morgan fingerprint density at radius 3 is 2.65 bits per heavy atom. The molecule has 8 heteroatoms. The number of hydrogen-bond acceptors (Lipinski definition) is 5. The molecule has 3 fully saturated rings. The van der Waals surface area contributed by atoms with Crippen molar-refractivity contribution in [3.8, 4) is 22.9 Å². The summed E-state index contributed by atoms with van der Waals surface area (Å²) in [5.41, 5.74) is 1.38. The van der Waals surface area contributed by atoms with E-state index in [2.05, 4.69) is 9.30 Å². The maximum Gasteiger partial charge on any atom is 0.256 e. The molecule has 0 atom stereocenters. The lowest BCUT2D eigenvalue weighted by atomic mass is 9.67. The second-order valence-electron chi connectivity index (χ2n) is 8.52. The second-order valence-corrected chi connectivity index (χ2v) is 10.3. The van der Waals surface area contributed by atoms with Gasteiger partial charge in [0.15, 0.2) is 0 Å². The molecule has 0 unspecified atom stereocenters. The molecule has 160 valence electrons. The van der Waals surface area contributed by atoms with E-state index in [-0.39, 0.29) is 16.7 Å². The lowest BCUT2D eigenvalue weighted by Gasteiger charge is -2.54. The molecule has 2 aromatic rings. The van der Waals surface area contributed by atoms with Crippen LogP contribution < -0.4 is 4.74 Å². The second kappa shape index (κ2) is 7.34. The van der Waals surface area contributed by atoms with Gasteiger partial charge >= 0.3 is 0 Å². The largest absolute Gasteiger partial charge is 0.493 e. The van der Waals surface area contributed by atoms with Gasteiger partial charge in [0, 0.05) is 12.6 Å². The Hall–Kier alpha value is -2.92. The number of benzene rings is 2. The van der Waals surface area contributed by atoms with Gasteiger partial charge in [-0.2, -0.15) is 5.26 Å². The molecular weight excluding hydrogens is 417 g/mol. The molecule has 0 amide bonds. The predicted octanol–water partition coefficient (Wildman–Crippen LogP) is 3.73. The van der Waals surface area contributed by atoms with Crippen LogP contribution in [0.5, 0.6) is 5.75 Å². The fourth-order valence-electron chi connectivity index (χ4n) is 5.02. The Bertz CT molecular complexity index is 1190. The third kappa shape index (κ3) is 3.57. The lowest BCUT2D eigenvalue weighted by molar-refractivity contribution is 0.0657. The minimum atomic E-state index is -3.40. The highest BCUT2D eigenvalue weighted by Crippen LogP contribution is 2.47. The summed E-state index contributed by atoms with van der Waals surface area (Å²) in [7, 11) is -3.40. The summed E-state index contributed by atoms with van der Waals surface area (Å²) in [4.78, 5) is 2.18. The Labute approximate surface area is 181 Å². The summed E-state index contributed by atoms with van der Waals surface area (Å²) in [6.07, 6.45) is 3.81. The molecular formula is C23H22FN3O3S. The summed E-state index contributed by atoms with van der Waals surface area (Å²) >= 11 is 0. The van der Waals surface area contributed by atoms with Crippen LogP contribution in [0.1, 0.15) is 31.2 Å². The summed E-state index contributed by atoms with van der Waals surface area (Å²) in [6.45, 7) is 0.894. The number of amidine groups is 1. The molecule has 2 saturated heterocycles. The van der Waals surface area contributed by atoms with E-state index >= 15 is 0 Å². The van der Waals surface area contributed by atoms with Crippen LogP contribution in [0.3, 0.4) is 0 Å². The van der Waals surface area contributed by atoms with Crippen LogP contribution in [0.15, 0.2) is 46.9 Å². The van der Waals surface area contributed by atoms with Crippen molar-refractivity contribution in [3.63, 3.8) is 0 Å². The van der Waals surface area contributed by atoms with E-state index in [1.54, 1.807) is 6.07 Å². The first-order chi connectivity index (χ1) is 14.9. The zero-order valence-corrected chi connectivity index (χ0v) is 17.7. The Balaban J connectivity index is 1.37. The molecule has 0 spiro atoms. The van der Waals surface area contributed by atoms with E-state index in [9.17, 15) is 18.1 Å². The van der Waals surface area contributed by atoms with E-state index in [0.29, 0.717) is 36.3 Å². The first-order valence-electron chi connectivity index (χ1n) is 10.4. The molecule has 2 aromatic carbocycles. The Morgan fingerprint density at radius 2 is 1.94 bits per heavy atom. The number of nitriles is 1. The first kappa shape index (κ1) is 20.0. The Morgan fingerprint density at radius 1 is 1.19 bits per heavy atom. The highest BCUT2D eigenvalue weighted by atomic mass is 32.2. The summed E-state index contributed by atoms with van der Waals surface area (Å²) in [5, 5.41) is 9.28. The zero-order chi connectivity index (χ0) is 21.6. The normalized spacial score (nSPS) is 26.0. The fourth-order valence-corrected chi connectivity index (χ4v) is 6.10. The van der Waals surface area contributed by atoms with Crippen LogP contribution >= 0.6 is 0 Å². The van der Waals surface area contributed by atoms with Crippen molar-refractivity contribution in [2.24, 2.45) is 9.81 Å². The van der Waals surface area contributed by atoms with Crippen molar-refractivity contribution in [2.45, 2.75) is 31.7 Å². The number of hydrogen-bond donors (Lipinski definition) is 0. The maximum atomic E-state index is 13.4. The van der Waals surface area contributed by atoms with Crippen molar-refractivity contribution in [1.29, 1.82) is 5.26 Å². The minimum Gasteiger partial charge on any atom is -0.493 e. The summed E-state index contributed by atoms with van der Waals surface area (Å²) in [5.74, 6) is 0.989. The fraction of sp³-hybridized carbons (Fsp3) is 0.391. The molecule has 0 radical (unpaired) electrons. The summed E-state index contributed by atoms with van der Waals surface area (Å²) < 4.78 is 48.0. The number of rotatable bonds is 4. The average Bonchev–Trinajstić information content (AvgIpc) is 2.78. The van der Waals surface area contributed by atoms with Gasteiger partial charge < -0.3 is 9.64 Å². The van der Waals surface area contributed by atoms with E-state index in [1.807, 2.05) is 30.3 Å². The molecule has 0 N–H and O–H groups in total. The number of halogens is 1. The van der Waals surface area contributed by atoms with E-state index in [4.69, 9.17) is 4.74 Å². The van der Waals surface area contributed by atoms with Gasteiger partial charge in [-0.05, 0) is 61.1 Å². The monoisotopic (exact) mass is 439 g/mol. The van der Waals surface area contributed by atoms with Crippen LogP contribution in [-0.2, 0) is 10.0 Å². The van der Waals surface area contributed by atoms with Gasteiger partial charge in [-0.1, -0.05) is 18.2 Å². The Kier molecular flexibility index (Phi) is 4.74. The molecule has 4 aliphatic rings. The lowest BCUT2D eigenvalue weighted by Crippen LogP contribution is -2.62. The number of piperidine rings is 2. The number of sulfonamides is 1. The number of nitrogens with zero attached hydrogens (tertiary/aromatic N) is 3. The molecule has 1 saturated carbocycles. The highest BCUT2D eigenvalue weighted by Gasteiger charge is 2.52. The number of ether oxygens (including phenoxy) is 1. The molecule has 31 heavy (non-hydrogen) atoms. The molecule has 6 nitrogen and oxygen atoms in total. The molecule has 6 rings (SSSR count). The third-order valence-electron chi connectivity index (χ3n) is 6.70. The third-order valence-corrected chi connectivity index (χ3v) is 7.85. The van der Waals surface area contributed by atoms with Gasteiger partial charge in [0.2, 0.25) is 0 Å². The van der Waals surface area contributed by atoms with Crippen molar-refractivity contribution >= 4 is 15.9 Å². The standard InChI is InChI=1S/C23H22FN3O3S/c24-18-3-6-21(17(13-18)14-25)16-1-4-20(5-2-16)30-15-23-9-7-19(8-10-23)27-11-12-31(28,29)26-22(23)27/h1-6,13,19H,7-12,15H2. The van der Waals surface area contributed by atoms with Crippen molar-refractivity contribution in [2.75, 3.05) is 18.9 Å². The number of fused-ring (bicyclic) bond motifs is 2. The van der Waals surface area contributed by atoms with Gasteiger partial charge in [-0.25, -0.2) is 12.8 Å². The van der Waals surface area contributed by atoms with Crippen molar-refractivity contribution in [3.05, 3.63) is 53.8 Å².